The van der Waals surface area contributed by atoms with Crippen molar-refractivity contribution in [3.8, 4) is 0 Å². The van der Waals surface area contributed by atoms with Gasteiger partial charge in [0.25, 0.3) is 0 Å². The summed E-state index contributed by atoms with van der Waals surface area (Å²) < 4.78 is 11.0. The molecular formula is C34H67N5O3. The van der Waals surface area contributed by atoms with E-state index in [0.29, 0.717) is 29.8 Å². The van der Waals surface area contributed by atoms with Gasteiger partial charge in [0.15, 0.2) is 0 Å². The summed E-state index contributed by atoms with van der Waals surface area (Å²) in [5.41, 5.74) is 0.140. The summed E-state index contributed by atoms with van der Waals surface area (Å²) in [5, 5.41) is 3.65. The Morgan fingerprint density at radius 3 is 1.62 bits per heavy atom. The molecule has 6 aliphatic heterocycles. The summed E-state index contributed by atoms with van der Waals surface area (Å²) in [7, 11) is 0. The number of hydrogen-bond donors (Lipinski definition) is 1. The molecule has 6 saturated heterocycles. The first-order valence-electron chi connectivity index (χ1n) is 16.6. The minimum Gasteiger partial charge on any atom is -0.444 e. The molecule has 6 bridgehead atoms. The van der Waals surface area contributed by atoms with Crippen LogP contribution in [0, 0.1) is 0 Å². The third-order valence-electron chi connectivity index (χ3n) is 9.81. The van der Waals surface area contributed by atoms with E-state index in [4.69, 9.17) is 9.47 Å². The van der Waals surface area contributed by atoms with Gasteiger partial charge in [-0.05, 0) is 108 Å². The largest absolute Gasteiger partial charge is 0.444 e. The highest BCUT2D eigenvalue weighted by Crippen LogP contribution is 2.34. The minimum atomic E-state index is -0.405. The van der Waals surface area contributed by atoms with Crippen LogP contribution >= 0.6 is 0 Å². The second-order valence-electron chi connectivity index (χ2n) is 16.7. The molecular weight excluding hydrogens is 526 g/mol. The molecule has 0 aromatic heterocycles. The van der Waals surface area contributed by atoms with Gasteiger partial charge in [0, 0.05) is 80.1 Å². The number of amides is 1. The van der Waals surface area contributed by atoms with Crippen LogP contribution in [0.25, 0.3) is 0 Å². The first kappa shape index (κ1) is 35.5. The van der Waals surface area contributed by atoms with Crippen LogP contribution in [-0.2, 0) is 9.47 Å². The molecule has 6 unspecified atom stereocenters. The molecule has 0 spiro atoms. The van der Waals surface area contributed by atoms with Crippen molar-refractivity contribution in [2.24, 2.45) is 0 Å². The lowest BCUT2D eigenvalue weighted by Gasteiger charge is -2.46. The molecule has 0 aliphatic carbocycles. The van der Waals surface area contributed by atoms with Crippen molar-refractivity contribution in [2.75, 3.05) is 39.3 Å². The maximum Gasteiger partial charge on any atom is 0.410 e. The van der Waals surface area contributed by atoms with Gasteiger partial charge in [-0.25, -0.2) is 4.79 Å². The topological polar surface area (TPSA) is 60.5 Å². The Bertz CT molecular complexity index is 850. The Hall–Kier alpha value is -0.930. The monoisotopic (exact) mass is 594 g/mol. The van der Waals surface area contributed by atoms with E-state index in [2.05, 4.69) is 75.4 Å². The van der Waals surface area contributed by atoms with E-state index in [1.807, 2.05) is 25.7 Å². The second-order valence-corrected chi connectivity index (χ2v) is 16.7. The SMILES string of the molecule is C.CC(C)(C)N1CC2CCC(C1)N2.CC(C)(C)OC(=O)N1C2CCC1CN(C(C)(C)C)C2.CC(C)N1CC2CC1CO2. The number of piperazine rings is 2. The molecule has 8 heteroatoms. The van der Waals surface area contributed by atoms with Crippen molar-refractivity contribution in [2.45, 2.75) is 175 Å². The number of nitrogens with zero attached hydrogens (tertiary/aromatic N) is 4. The highest BCUT2D eigenvalue weighted by Gasteiger charge is 2.46. The van der Waals surface area contributed by atoms with Crippen LogP contribution in [-0.4, -0.2) is 124 Å². The molecule has 6 atom stereocenters. The number of hydrogen-bond acceptors (Lipinski definition) is 7. The van der Waals surface area contributed by atoms with Gasteiger partial charge in [-0.1, -0.05) is 7.43 Å². The van der Waals surface area contributed by atoms with Gasteiger partial charge in [0.05, 0.1) is 12.7 Å². The zero-order chi connectivity index (χ0) is 30.3. The predicted octanol–water partition coefficient (Wildman–Crippen LogP) is 5.59. The molecule has 6 rings (SSSR count). The normalized spacial score (nSPS) is 33.1. The van der Waals surface area contributed by atoms with Gasteiger partial charge in [-0.2, -0.15) is 0 Å². The van der Waals surface area contributed by atoms with E-state index >= 15 is 0 Å². The number of carbonyl (C=O) groups excluding carboxylic acids is 1. The van der Waals surface area contributed by atoms with Crippen LogP contribution in [0.15, 0.2) is 0 Å². The molecule has 6 heterocycles. The zero-order valence-corrected chi connectivity index (χ0v) is 28.3. The summed E-state index contributed by atoms with van der Waals surface area (Å²) in [4.78, 5) is 22.0. The number of morpholine rings is 1. The molecule has 8 nitrogen and oxygen atoms in total. The Morgan fingerprint density at radius 1 is 0.762 bits per heavy atom. The van der Waals surface area contributed by atoms with Gasteiger partial charge >= 0.3 is 6.09 Å². The summed E-state index contributed by atoms with van der Waals surface area (Å²) in [6, 6.07) is 3.66. The van der Waals surface area contributed by atoms with Crippen LogP contribution in [0.3, 0.4) is 0 Å². The lowest BCUT2D eigenvalue weighted by molar-refractivity contribution is -0.0196. The van der Waals surface area contributed by atoms with Gasteiger partial charge < -0.3 is 14.8 Å². The maximum absolute atomic E-state index is 12.3. The van der Waals surface area contributed by atoms with E-state index < -0.39 is 5.60 Å². The van der Waals surface area contributed by atoms with Crippen molar-refractivity contribution >= 4 is 6.09 Å². The first-order valence-corrected chi connectivity index (χ1v) is 16.6. The average molecular weight is 594 g/mol. The standard InChI is InChI=1S/C15H28N2O2.C10H20N2.C8H15NO.CH4/c1-14(2,3)16-9-11-7-8-12(10-16)17(11)13(18)19-15(4,5)6;1-10(2,3)12-6-8-4-5-9(7-12)11-8;1-6(2)9-4-8-3-7(9)5-10-8;/h11-12H,7-10H2,1-6H3;8-9,11H,4-7H2,1-3H3;6-8H,3-5H2,1-2H3;1H4. The van der Waals surface area contributed by atoms with E-state index in [-0.39, 0.29) is 19.1 Å². The third-order valence-corrected chi connectivity index (χ3v) is 9.81. The van der Waals surface area contributed by atoms with Crippen molar-refractivity contribution < 1.29 is 14.3 Å². The number of likely N-dealkylation sites (tertiary alicyclic amines) is 3. The Balaban J connectivity index is 0.000000181. The van der Waals surface area contributed by atoms with Crippen LogP contribution in [0.2, 0.25) is 0 Å². The molecule has 0 aromatic carbocycles. The molecule has 0 radical (unpaired) electrons. The van der Waals surface area contributed by atoms with Crippen LogP contribution in [0.4, 0.5) is 4.79 Å². The number of ether oxygens (including phenoxy) is 2. The van der Waals surface area contributed by atoms with Gasteiger partial charge in [-0.15, -0.1) is 0 Å². The Kier molecular flexibility index (Phi) is 11.5. The smallest absolute Gasteiger partial charge is 0.410 e. The van der Waals surface area contributed by atoms with E-state index in [9.17, 15) is 4.79 Å². The van der Waals surface area contributed by atoms with Crippen molar-refractivity contribution in [3.05, 3.63) is 0 Å². The molecule has 1 N–H and O–H groups in total. The second kappa shape index (κ2) is 13.6. The average Bonchev–Trinajstić information content (AvgIpc) is 3.61. The lowest BCUT2D eigenvalue weighted by Crippen LogP contribution is -2.60. The van der Waals surface area contributed by atoms with Crippen LogP contribution in [0.1, 0.15) is 116 Å². The van der Waals surface area contributed by atoms with Gasteiger partial charge in [0.2, 0.25) is 0 Å². The number of rotatable bonds is 1. The summed E-state index contributed by atoms with van der Waals surface area (Å²) >= 11 is 0. The Morgan fingerprint density at radius 2 is 1.26 bits per heavy atom. The van der Waals surface area contributed by atoms with E-state index in [1.165, 1.54) is 38.9 Å². The third kappa shape index (κ3) is 9.06. The summed E-state index contributed by atoms with van der Waals surface area (Å²) in [6.07, 6.45) is 6.69. The number of carbonyl (C=O) groups is 1. The van der Waals surface area contributed by atoms with Crippen molar-refractivity contribution in [3.63, 3.8) is 0 Å². The molecule has 1 amide bonds. The molecule has 0 saturated carbocycles. The summed E-state index contributed by atoms with van der Waals surface area (Å²) in [5.74, 6) is 0. The van der Waals surface area contributed by atoms with Crippen molar-refractivity contribution in [1.82, 2.24) is 24.9 Å². The van der Waals surface area contributed by atoms with Crippen LogP contribution in [0.5, 0.6) is 0 Å². The predicted molar refractivity (Wildman–Crippen MR) is 174 cm³/mol. The maximum atomic E-state index is 12.3. The fourth-order valence-electron chi connectivity index (χ4n) is 7.47. The molecule has 0 aromatic rings. The van der Waals surface area contributed by atoms with Crippen LogP contribution < -0.4 is 5.32 Å². The van der Waals surface area contributed by atoms with Crippen molar-refractivity contribution in [1.29, 1.82) is 0 Å². The van der Waals surface area contributed by atoms with E-state index in [0.717, 1.165) is 50.7 Å². The fourth-order valence-corrected chi connectivity index (χ4v) is 7.47. The highest BCUT2D eigenvalue weighted by atomic mass is 16.6. The quantitative estimate of drug-likeness (QED) is 0.425. The van der Waals surface area contributed by atoms with Gasteiger partial charge in [0.1, 0.15) is 5.60 Å². The number of nitrogens with one attached hydrogen (secondary N) is 1. The number of fused-ring (bicyclic) bond motifs is 6. The minimum absolute atomic E-state index is 0. The summed E-state index contributed by atoms with van der Waals surface area (Å²) in [6.45, 7) is 30.6. The lowest BCUT2D eigenvalue weighted by atomic mass is 10.0. The highest BCUT2D eigenvalue weighted by molar-refractivity contribution is 5.69. The molecule has 246 valence electrons. The molecule has 6 fully saturated rings. The molecule has 6 aliphatic rings. The Labute approximate surface area is 259 Å². The zero-order valence-electron chi connectivity index (χ0n) is 28.3. The van der Waals surface area contributed by atoms with Gasteiger partial charge in [-0.3, -0.25) is 19.6 Å². The first-order chi connectivity index (χ1) is 18.9. The molecule has 42 heavy (non-hydrogen) atoms. The van der Waals surface area contributed by atoms with E-state index in [1.54, 1.807) is 0 Å². The fraction of sp³-hybridized carbons (Fsp3) is 0.971.